The predicted molar refractivity (Wildman–Crippen MR) is 129 cm³/mol. The standard InChI is InChI=1S/C25H17N3O5S/c1-14-7-12-18-19(13-14)34-25(26-18)27-21(15-8-10-17(11-9-15)28(32)33)20(23(30)24(27)31)22(29)16-5-3-2-4-6-16/h2-13,21,29H,1H3/b22-20+/t21-/m1/s1. The molecule has 0 radical (unpaired) electrons. The lowest BCUT2D eigenvalue weighted by Gasteiger charge is -2.22. The number of non-ortho nitro benzene ring substituents is 1. The minimum Gasteiger partial charge on any atom is -0.507 e. The smallest absolute Gasteiger partial charge is 0.301 e. The first-order chi connectivity index (χ1) is 16.3. The van der Waals surface area contributed by atoms with Crippen LogP contribution in [0, 0.1) is 17.0 Å². The fraction of sp³-hybridized carbons (Fsp3) is 0.0800. The molecule has 9 heteroatoms. The molecule has 8 nitrogen and oxygen atoms in total. The van der Waals surface area contributed by atoms with Crippen molar-refractivity contribution in [2.24, 2.45) is 0 Å². The fourth-order valence-electron chi connectivity index (χ4n) is 4.00. The number of amides is 1. The summed E-state index contributed by atoms with van der Waals surface area (Å²) in [6.07, 6.45) is 0. The number of aromatic nitrogens is 1. The Kier molecular flexibility index (Phi) is 5.18. The molecular formula is C25H17N3O5S. The van der Waals surface area contributed by atoms with Gasteiger partial charge in [-0.1, -0.05) is 47.7 Å². The fourth-order valence-corrected chi connectivity index (χ4v) is 5.09. The Morgan fingerprint density at radius 3 is 2.44 bits per heavy atom. The monoisotopic (exact) mass is 471 g/mol. The highest BCUT2D eigenvalue weighted by atomic mass is 32.1. The lowest BCUT2D eigenvalue weighted by molar-refractivity contribution is -0.384. The number of Topliss-reactive ketones (excluding diaryl/α,β-unsaturated/α-hetero) is 1. The lowest BCUT2D eigenvalue weighted by atomic mass is 9.95. The van der Waals surface area contributed by atoms with Crippen molar-refractivity contribution in [3.63, 3.8) is 0 Å². The van der Waals surface area contributed by atoms with Crippen LogP contribution in [0.15, 0.2) is 78.4 Å². The second kappa shape index (κ2) is 8.20. The molecule has 34 heavy (non-hydrogen) atoms. The van der Waals surface area contributed by atoms with E-state index in [9.17, 15) is 24.8 Å². The van der Waals surface area contributed by atoms with Crippen molar-refractivity contribution in [1.82, 2.24) is 4.98 Å². The first-order valence-corrected chi connectivity index (χ1v) is 11.1. The molecule has 1 atom stereocenters. The Morgan fingerprint density at radius 2 is 1.76 bits per heavy atom. The minimum atomic E-state index is -0.998. The van der Waals surface area contributed by atoms with Crippen LogP contribution in [-0.4, -0.2) is 26.7 Å². The van der Waals surface area contributed by atoms with Gasteiger partial charge in [-0.3, -0.25) is 24.6 Å². The number of ketones is 1. The number of fused-ring (bicyclic) bond motifs is 1. The highest BCUT2D eigenvalue weighted by molar-refractivity contribution is 7.22. The molecule has 5 rings (SSSR count). The SMILES string of the molecule is Cc1ccc2nc(N3C(=O)C(=O)/C(=C(/O)c4ccccc4)[C@H]3c3ccc([N+](=O)[O-])cc3)sc2c1. The highest BCUT2D eigenvalue weighted by Crippen LogP contribution is 2.44. The Balaban J connectivity index is 1.72. The average molecular weight is 471 g/mol. The Hall–Kier alpha value is -4.37. The summed E-state index contributed by atoms with van der Waals surface area (Å²) in [4.78, 5) is 42.9. The third-order valence-corrected chi connectivity index (χ3v) is 6.67. The molecule has 1 aliphatic heterocycles. The molecule has 1 aliphatic rings. The van der Waals surface area contributed by atoms with E-state index in [1.165, 1.54) is 40.5 Å². The van der Waals surface area contributed by atoms with E-state index in [-0.39, 0.29) is 17.0 Å². The molecule has 1 fully saturated rings. The maximum absolute atomic E-state index is 13.2. The van der Waals surface area contributed by atoms with Crippen molar-refractivity contribution in [1.29, 1.82) is 0 Å². The van der Waals surface area contributed by atoms with Gasteiger partial charge in [0.25, 0.3) is 11.5 Å². The molecule has 2 heterocycles. The highest BCUT2D eigenvalue weighted by Gasteiger charge is 2.48. The molecule has 1 aromatic heterocycles. The van der Waals surface area contributed by atoms with Gasteiger partial charge >= 0.3 is 5.91 Å². The molecule has 0 saturated carbocycles. The number of aliphatic hydroxyl groups excluding tert-OH is 1. The normalized spacial score (nSPS) is 17.4. The summed E-state index contributed by atoms with van der Waals surface area (Å²) in [6.45, 7) is 1.95. The van der Waals surface area contributed by atoms with Crippen molar-refractivity contribution >= 4 is 49.8 Å². The molecular weight excluding hydrogens is 454 g/mol. The van der Waals surface area contributed by atoms with Crippen LogP contribution in [0.5, 0.6) is 0 Å². The van der Waals surface area contributed by atoms with E-state index in [2.05, 4.69) is 4.98 Å². The second-order valence-corrected chi connectivity index (χ2v) is 8.86. The first-order valence-electron chi connectivity index (χ1n) is 10.3. The van der Waals surface area contributed by atoms with E-state index in [1.54, 1.807) is 30.3 Å². The quantitative estimate of drug-likeness (QED) is 0.145. The van der Waals surface area contributed by atoms with E-state index in [4.69, 9.17) is 0 Å². The van der Waals surface area contributed by atoms with Gasteiger partial charge in [-0.05, 0) is 42.3 Å². The van der Waals surface area contributed by atoms with Crippen molar-refractivity contribution in [2.45, 2.75) is 13.0 Å². The van der Waals surface area contributed by atoms with Crippen molar-refractivity contribution in [3.05, 3.63) is 105 Å². The number of benzene rings is 3. The zero-order valence-electron chi connectivity index (χ0n) is 17.8. The summed E-state index contributed by atoms with van der Waals surface area (Å²) in [6, 6.07) is 18.7. The summed E-state index contributed by atoms with van der Waals surface area (Å²) >= 11 is 1.26. The number of carbonyl (C=O) groups excluding carboxylic acids is 2. The third kappa shape index (κ3) is 3.52. The van der Waals surface area contributed by atoms with E-state index >= 15 is 0 Å². The van der Waals surface area contributed by atoms with Crippen LogP contribution in [0.25, 0.3) is 16.0 Å². The van der Waals surface area contributed by atoms with Crippen LogP contribution in [-0.2, 0) is 9.59 Å². The molecule has 168 valence electrons. The Morgan fingerprint density at radius 1 is 1.06 bits per heavy atom. The van der Waals surface area contributed by atoms with Gasteiger partial charge in [0, 0.05) is 17.7 Å². The first kappa shape index (κ1) is 21.5. The number of hydrogen-bond acceptors (Lipinski definition) is 7. The second-order valence-electron chi connectivity index (χ2n) is 7.85. The minimum absolute atomic E-state index is 0.0968. The zero-order valence-corrected chi connectivity index (χ0v) is 18.7. The van der Waals surface area contributed by atoms with Crippen LogP contribution in [0.3, 0.4) is 0 Å². The molecule has 3 aromatic carbocycles. The van der Waals surface area contributed by atoms with E-state index in [0.717, 1.165) is 10.3 Å². The number of nitro groups is 1. The number of anilines is 1. The van der Waals surface area contributed by atoms with Gasteiger partial charge in [-0.25, -0.2) is 4.98 Å². The van der Waals surface area contributed by atoms with Crippen LogP contribution in [0.1, 0.15) is 22.7 Å². The number of thiazole rings is 1. The molecule has 0 bridgehead atoms. The van der Waals surface area contributed by atoms with Crippen LogP contribution in [0.4, 0.5) is 10.8 Å². The summed E-state index contributed by atoms with van der Waals surface area (Å²) in [5, 5.41) is 22.5. The van der Waals surface area contributed by atoms with E-state index in [1.807, 2.05) is 25.1 Å². The number of nitrogens with zero attached hydrogens (tertiary/aromatic N) is 3. The number of rotatable bonds is 4. The summed E-state index contributed by atoms with van der Waals surface area (Å²) in [7, 11) is 0. The van der Waals surface area contributed by atoms with Crippen LogP contribution in [0.2, 0.25) is 0 Å². The van der Waals surface area contributed by atoms with Crippen molar-refractivity contribution in [3.8, 4) is 0 Å². The number of hydrogen-bond donors (Lipinski definition) is 1. The van der Waals surface area contributed by atoms with E-state index in [0.29, 0.717) is 21.8 Å². The molecule has 1 saturated heterocycles. The van der Waals surface area contributed by atoms with Gasteiger partial charge in [0.15, 0.2) is 5.13 Å². The molecule has 0 spiro atoms. The van der Waals surface area contributed by atoms with Gasteiger partial charge in [-0.2, -0.15) is 0 Å². The van der Waals surface area contributed by atoms with Crippen LogP contribution < -0.4 is 4.90 Å². The molecule has 0 aliphatic carbocycles. The Labute approximate surface area is 197 Å². The van der Waals surface area contributed by atoms with E-state index < -0.39 is 22.7 Å². The Bertz CT molecular complexity index is 1490. The van der Waals surface area contributed by atoms with Gasteiger partial charge in [0.05, 0.1) is 26.8 Å². The van der Waals surface area contributed by atoms with Crippen molar-refractivity contribution in [2.75, 3.05) is 4.90 Å². The van der Waals surface area contributed by atoms with Gasteiger partial charge in [0.1, 0.15) is 5.76 Å². The maximum Gasteiger partial charge on any atom is 0.301 e. The maximum atomic E-state index is 13.2. The summed E-state index contributed by atoms with van der Waals surface area (Å²) in [5.74, 6) is -1.99. The van der Waals surface area contributed by atoms with Gasteiger partial charge in [-0.15, -0.1) is 0 Å². The topological polar surface area (TPSA) is 114 Å². The van der Waals surface area contributed by atoms with Crippen molar-refractivity contribution < 1.29 is 19.6 Å². The lowest BCUT2D eigenvalue weighted by Crippen LogP contribution is -2.29. The zero-order chi connectivity index (χ0) is 24.0. The predicted octanol–water partition coefficient (Wildman–Crippen LogP) is 5.14. The van der Waals surface area contributed by atoms with Gasteiger partial charge < -0.3 is 5.11 Å². The summed E-state index contributed by atoms with van der Waals surface area (Å²) < 4.78 is 0.849. The summed E-state index contributed by atoms with van der Waals surface area (Å²) in [5.41, 5.74) is 2.31. The number of aryl methyl sites for hydroxylation is 1. The largest absolute Gasteiger partial charge is 0.507 e. The molecule has 4 aromatic rings. The van der Waals surface area contributed by atoms with Gasteiger partial charge in [0.2, 0.25) is 0 Å². The average Bonchev–Trinajstić information content (AvgIpc) is 3.37. The number of nitro benzene ring substituents is 1. The number of aliphatic hydroxyl groups is 1. The molecule has 0 unspecified atom stereocenters. The molecule has 1 N–H and O–H groups in total. The molecule has 1 amide bonds. The third-order valence-electron chi connectivity index (χ3n) is 5.65. The van der Waals surface area contributed by atoms with Crippen LogP contribution >= 0.6 is 11.3 Å². The number of carbonyl (C=O) groups is 2.